The van der Waals surface area contributed by atoms with Gasteiger partial charge in [-0.05, 0) is 69.9 Å². The number of allylic oxidation sites excluding steroid dienone is 1. The Bertz CT molecular complexity index is 1180. The molecule has 34 heavy (non-hydrogen) atoms. The van der Waals surface area contributed by atoms with Gasteiger partial charge < -0.3 is 10.2 Å². The Morgan fingerprint density at radius 2 is 1.79 bits per heavy atom. The fourth-order valence-corrected chi connectivity index (χ4v) is 4.43. The number of aryl methyl sites for hydroxylation is 2. The predicted molar refractivity (Wildman–Crippen MR) is 146 cm³/mol. The van der Waals surface area contributed by atoms with Crippen LogP contribution in [0.5, 0.6) is 0 Å². The molecule has 0 radical (unpaired) electrons. The van der Waals surface area contributed by atoms with E-state index >= 15 is 0 Å². The van der Waals surface area contributed by atoms with Gasteiger partial charge >= 0.3 is 0 Å². The summed E-state index contributed by atoms with van der Waals surface area (Å²) in [6.45, 7) is 14.8. The van der Waals surface area contributed by atoms with Gasteiger partial charge in [0.2, 0.25) is 0 Å². The average Bonchev–Trinajstić information content (AvgIpc) is 3.16. The second-order valence-electron chi connectivity index (χ2n) is 8.89. The number of rotatable bonds is 12. The summed E-state index contributed by atoms with van der Waals surface area (Å²) >= 11 is 0. The normalized spacial score (nSPS) is 11.6. The number of fused-ring (bicyclic) bond motifs is 1. The van der Waals surface area contributed by atoms with Gasteiger partial charge in [-0.25, -0.2) is 4.98 Å². The summed E-state index contributed by atoms with van der Waals surface area (Å²) in [6.07, 6.45) is 9.72. The van der Waals surface area contributed by atoms with E-state index in [1.54, 1.807) is 4.52 Å². The third-order valence-corrected chi connectivity index (χ3v) is 6.31. The Labute approximate surface area is 204 Å². The monoisotopic (exact) mass is 463 g/mol. The topological polar surface area (TPSA) is 65.4 Å². The molecule has 0 aliphatic rings. The number of aromatic nitrogens is 3. The maximum Gasteiger partial charge on any atom is 0.276 e. The van der Waals surface area contributed by atoms with Crippen LogP contribution < -0.4 is 15.8 Å². The van der Waals surface area contributed by atoms with Gasteiger partial charge in [0, 0.05) is 30.0 Å². The molecule has 3 aromatic rings. The summed E-state index contributed by atoms with van der Waals surface area (Å²) in [5.74, 6) is 0. The number of nitrogens with one attached hydrogen (secondary N) is 2. The number of hydrogen-bond acceptors (Lipinski definition) is 4. The van der Waals surface area contributed by atoms with Crippen molar-refractivity contribution < 1.29 is 0 Å². The van der Waals surface area contributed by atoms with Gasteiger partial charge in [-0.3, -0.25) is 9.89 Å². The molecule has 0 spiro atoms. The van der Waals surface area contributed by atoms with Gasteiger partial charge in [0.05, 0.1) is 11.4 Å². The van der Waals surface area contributed by atoms with Gasteiger partial charge in [0.25, 0.3) is 5.56 Å². The van der Waals surface area contributed by atoms with Crippen LogP contribution in [0.15, 0.2) is 29.1 Å². The van der Waals surface area contributed by atoms with Crippen LogP contribution in [0.4, 0.5) is 17.1 Å². The lowest BCUT2D eigenvalue weighted by molar-refractivity contribution is 0.778. The Morgan fingerprint density at radius 1 is 1.06 bits per heavy atom. The van der Waals surface area contributed by atoms with Gasteiger partial charge in [-0.1, -0.05) is 46.1 Å². The van der Waals surface area contributed by atoms with Crippen LogP contribution in [0, 0.1) is 6.92 Å². The molecule has 0 aliphatic heterocycles. The molecule has 0 fully saturated rings. The Hall–Kier alpha value is -3.02. The molecule has 2 N–H and O–H groups in total. The standard InChI is InChI=1S/C28H41N5O/c1-7-12-13-16-25-26(29-23-18-17-21(19-20(23)6)32(10-4)11-5)27-30-24(15-9-3)22(14-8-2)28(34)33(27)31-25/h13,16-19,29,31H,7-12,14-15H2,1-6H3. The Balaban J connectivity index is 2.16. The van der Waals surface area contributed by atoms with E-state index in [1.807, 2.05) is 0 Å². The third-order valence-electron chi connectivity index (χ3n) is 6.31. The van der Waals surface area contributed by atoms with Crippen molar-refractivity contribution in [2.75, 3.05) is 23.3 Å². The first-order valence-electron chi connectivity index (χ1n) is 12.9. The third kappa shape index (κ3) is 5.37. The van der Waals surface area contributed by atoms with E-state index in [9.17, 15) is 4.79 Å². The minimum absolute atomic E-state index is 0.0158. The van der Waals surface area contributed by atoms with Crippen molar-refractivity contribution in [2.45, 2.75) is 80.1 Å². The van der Waals surface area contributed by atoms with Gasteiger partial charge in [-0.2, -0.15) is 4.52 Å². The highest BCUT2D eigenvalue weighted by atomic mass is 16.1. The fraction of sp³-hybridized carbons (Fsp3) is 0.500. The van der Waals surface area contributed by atoms with Crippen LogP contribution in [0.25, 0.3) is 11.7 Å². The fourth-order valence-electron chi connectivity index (χ4n) is 4.43. The molecule has 1 aromatic carbocycles. The van der Waals surface area contributed by atoms with Crippen LogP contribution in [0.1, 0.15) is 82.8 Å². The van der Waals surface area contributed by atoms with Crippen LogP contribution in [0.2, 0.25) is 0 Å². The zero-order chi connectivity index (χ0) is 24.7. The number of aromatic amines is 1. The summed E-state index contributed by atoms with van der Waals surface area (Å²) in [4.78, 5) is 20.8. The zero-order valence-electron chi connectivity index (χ0n) is 21.8. The largest absolute Gasteiger partial charge is 0.372 e. The van der Waals surface area contributed by atoms with Crippen molar-refractivity contribution in [3.05, 3.63) is 57.1 Å². The van der Waals surface area contributed by atoms with E-state index in [4.69, 9.17) is 4.98 Å². The molecular formula is C28H41N5O. The van der Waals surface area contributed by atoms with Crippen molar-refractivity contribution in [2.24, 2.45) is 0 Å². The number of nitrogens with zero attached hydrogens (tertiary/aromatic N) is 3. The smallest absolute Gasteiger partial charge is 0.276 e. The molecule has 3 rings (SSSR count). The maximum atomic E-state index is 13.4. The minimum atomic E-state index is 0.0158. The first-order chi connectivity index (χ1) is 16.5. The number of benzene rings is 1. The molecule has 0 bridgehead atoms. The quantitative estimate of drug-likeness (QED) is 0.316. The lowest BCUT2D eigenvalue weighted by Gasteiger charge is -2.22. The van der Waals surface area contributed by atoms with Crippen molar-refractivity contribution >= 4 is 28.8 Å². The lowest BCUT2D eigenvalue weighted by Crippen LogP contribution is -2.23. The van der Waals surface area contributed by atoms with Crippen LogP contribution in [-0.2, 0) is 12.8 Å². The zero-order valence-corrected chi connectivity index (χ0v) is 21.8. The molecule has 2 heterocycles. The highest BCUT2D eigenvalue weighted by Gasteiger charge is 2.19. The van der Waals surface area contributed by atoms with E-state index in [1.165, 1.54) is 5.69 Å². The minimum Gasteiger partial charge on any atom is -0.372 e. The first kappa shape index (κ1) is 25.6. The van der Waals surface area contributed by atoms with E-state index in [2.05, 4.69) is 87.2 Å². The number of H-pyrrole nitrogens is 1. The lowest BCUT2D eigenvalue weighted by atomic mass is 10.1. The predicted octanol–water partition coefficient (Wildman–Crippen LogP) is 6.64. The molecular weight excluding hydrogens is 422 g/mol. The van der Waals surface area contributed by atoms with Crippen molar-refractivity contribution in [1.82, 2.24) is 14.6 Å². The van der Waals surface area contributed by atoms with E-state index in [-0.39, 0.29) is 5.56 Å². The highest BCUT2D eigenvalue weighted by Crippen LogP contribution is 2.30. The molecule has 0 saturated carbocycles. The second-order valence-corrected chi connectivity index (χ2v) is 8.89. The Kier molecular flexibility index (Phi) is 8.97. The van der Waals surface area contributed by atoms with Gasteiger partial charge in [0.15, 0.2) is 5.65 Å². The molecule has 6 heteroatoms. The molecule has 2 aromatic heterocycles. The van der Waals surface area contributed by atoms with Crippen LogP contribution >= 0.6 is 0 Å². The summed E-state index contributed by atoms with van der Waals surface area (Å²) in [7, 11) is 0. The molecule has 0 saturated heterocycles. The maximum absolute atomic E-state index is 13.4. The number of anilines is 3. The van der Waals surface area contributed by atoms with Crippen molar-refractivity contribution in [3.8, 4) is 0 Å². The molecule has 0 aliphatic carbocycles. The van der Waals surface area contributed by atoms with Crippen molar-refractivity contribution in [1.29, 1.82) is 0 Å². The number of unbranched alkanes of at least 4 members (excludes halogenated alkanes) is 1. The molecule has 0 unspecified atom stereocenters. The summed E-state index contributed by atoms with van der Waals surface area (Å²) in [5, 5.41) is 6.95. The number of hydrogen-bond donors (Lipinski definition) is 2. The summed E-state index contributed by atoms with van der Waals surface area (Å²) in [5.41, 5.74) is 7.56. The van der Waals surface area contributed by atoms with Crippen LogP contribution in [-0.4, -0.2) is 27.7 Å². The first-order valence-corrected chi connectivity index (χ1v) is 12.9. The van der Waals surface area contributed by atoms with Crippen LogP contribution in [0.3, 0.4) is 0 Å². The molecule has 6 nitrogen and oxygen atoms in total. The molecule has 0 amide bonds. The van der Waals surface area contributed by atoms with E-state index < -0.39 is 0 Å². The second kappa shape index (κ2) is 11.9. The Morgan fingerprint density at radius 3 is 2.41 bits per heavy atom. The van der Waals surface area contributed by atoms with E-state index in [0.29, 0.717) is 5.65 Å². The van der Waals surface area contributed by atoms with Gasteiger partial charge in [0.1, 0.15) is 5.69 Å². The highest BCUT2D eigenvalue weighted by molar-refractivity contribution is 5.83. The summed E-state index contributed by atoms with van der Waals surface area (Å²) in [6, 6.07) is 6.51. The van der Waals surface area contributed by atoms with Gasteiger partial charge in [-0.15, -0.1) is 0 Å². The average molecular weight is 464 g/mol. The van der Waals surface area contributed by atoms with E-state index in [0.717, 1.165) is 85.5 Å². The SMILES string of the molecule is CCCC=Cc1[nH]n2c(=O)c(CCC)c(CCC)nc2c1Nc1ccc(N(CC)CC)cc1C. The van der Waals surface area contributed by atoms with Crippen molar-refractivity contribution in [3.63, 3.8) is 0 Å². The molecule has 184 valence electrons. The molecule has 0 atom stereocenters. The summed E-state index contributed by atoms with van der Waals surface area (Å²) < 4.78 is 1.62.